The molecule has 2 aromatic rings. The second-order valence-corrected chi connectivity index (χ2v) is 8.61. The molecule has 0 saturated heterocycles. The number of thioether (sulfide) groups is 1. The van der Waals surface area contributed by atoms with E-state index < -0.39 is 5.60 Å². The summed E-state index contributed by atoms with van der Waals surface area (Å²) in [5.74, 6) is 0. The molecule has 3 heteroatoms. The Kier molecular flexibility index (Phi) is 7.18. The van der Waals surface area contributed by atoms with E-state index in [0.29, 0.717) is 6.42 Å². The number of aliphatic hydroxyl groups is 1. The van der Waals surface area contributed by atoms with Crippen LogP contribution in [0.15, 0.2) is 59.5 Å². The highest BCUT2D eigenvalue weighted by Gasteiger charge is 2.31. The molecular formula is C23H31NOS. The number of hydrogen-bond donors (Lipinski definition) is 2. The van der Waals surface area contributed by atoms with Crippen LogP contribution >= 0.6 is 11.8 Å². The van der Waals surface area contributed by atoms with Crippen LogP contribution in [0.2, 0.25) is 0 Å². The summed E-state index contributed by atoms with van der Waals surface area (Å²) in [4.78, 5) is 1.32. The lowest BCUT2D eigenvalue weighted by Crippen LogP contribution is -2.32. The van der Waals surface area contributed by atoms with Gasteiger partial charge < -0.3 is 10.4 Å². The number of hydrogen-bond acceptors (Lipinski definition) is 3. The van der Waals surface area contributed by atoms with E-state index in [1.807, 2.05) is 42.1 Å². The maximum Gasteiger partial charge on any atom is 0.116 e. The lowest BCUT2D eigenvalue weighted by Gasteiger charge is -2.30. The zero-order chi connectivity index (χ0) is 18.2. The molecule has 0 radical (unpaired) electrons. The molecule has 0 bridgehead atoms. The van der Waals surface area contributed by atoms with Gasteiger partial charge in [0.05, 0.1) is 0 Å². The summed E-state index contributed by atoms with van der Waals surface area (Å²) in [5, 5.41) is 15.7. The first-order valence-electron chi connectivity index (χ1n) is 9.98. The van der Waals surface area contributed by atoms with E-state index in [0.717, 1.165) is 29.5 Å². The van der Waals surface area contributed by atoms with Crippen molar-refractivity contribution in [3.8, 4) is 0 Å². The van der Waals surface area contributed by atoms with E-state index in [2.05, 4.69) is 36.5 Å². The van der Waals surface area contributed by atoms with E-state index >= 15 is 0 Å². The highest BCUT2D eigenvalue weighted by atomic mass is 32.2. The molecule has 2 N–H and O–H groups in total. The standard InChI is InChI=1S/C23H31NOS/c1-2-24-18-17-23(25,19-9-5-3-6-10-19)20-13-15-22(16-14-20)26-21-11-7-4-8-12-21/h3,5-6,9-10,13-16,21,24-25H,2,4,7-8,11-12,17-18H2,1H3. The van der Waals surface area contributed by atoms with Gasteiger partial charge in [-0.1, -0.05) is 68.7 Å². The minimum absolute atomic E-state index is 0.667. The Bertz CT molecular complexity index is 652. The molecule has 3 rings (SSSR count). The van der Waals surface area contributed by atoms with E-state index in [4.69, 9.17) is 0 Å². The SMILES string of the molecule is CCNCCC(O)(c1ccccc1)c1ccc(SC2CCCCC2)cc1. The third kappa shape index (κ3) is 4.91. The van der Waals surface area contributed by atoms with Crippen molar-refractivity contribution in [2.75, 3.05) is 13.1 Å². The molecule has 0 heterocycles. The normalized spacial score (nSPS) is 17.8. The summed E-state index contributed by atoms with van der Waals surface area (Å²) in [7, 11) is 0. The molecule has 0 aliphatic heterocycles. The zero-order valence-corrected chi connectivity index (χ0v) is 16.6. The zero-order valence-electron chi connectivity index (χ0n) is 15.8. The summed E-state index contributed by atoms with van der Waals surface area (Å²) in [6.07, 6.45) is 7.47. The topological polar surface area (TPSA) is 32.3 Å². The predicted molar refractivity (Wildman–Crippen MR) is 112 cm³/mol. The van der Waals surface area contributed by atoms with Crippen LogP contribution in [-0.4, -0.2) is 23.4 Å². The van der Waals surface area contributed by atoms with Gasteiger partial charge in [-0.15, -0.1) is 11.8 Å². The molecule has 1 saturated carbocycles. The molecule has 1 fully saturated rings. The minimum Gasteiger partial charge on any atom is -0.380 e. The smallest absolute Gasteiger partial charge is 0.116 e. The summed E-state index contributed by atoms with van der Waals surface area (Å²) >= 11 is 2.01. The van der Waals surface area contributed by atoms with Crippen molar-refractivity contribution in [2.45, 2.75) is 61.2 Å². The van der Waals surface area contributed by atoms with Gasteiger partial charge in [0.2, 0.25) is 0 Å². The molecule has 0 spiro atoms. The molecule has 2 aromatic carbocycles. The van der Waals surface area contributed by atoms with Crippen LogP contribution in [0.5, 0.6) is 0 Å². The van der Waals surface area contributed by atoms with Crippen LogP contribution in [0.4, 0.5) is 0 Å². The fourth-order valence-electron chi connectivity index (χ4n) is 3.80. The van der Waals surface area contributed by atoms with Gasteiger partial charge >= 0.3 is 0 Å². The first kappa shape index (κ1) is 19.5. The number of benzene rings is 2. The Morgan fingerprint density at radius 2 is 1.62 bits per heavy atom. The van der Waals surface area contributed by atoms with Gasteiger partial charge in [-0.05, 0) is 55.6 Å². The molecule has 2 nitrogen and oxygen atoms in total. The van der Waals surface area contributed by atoms with Crippen LogP contribution in [0.3, 0.4) is 0 Å². The van der Waals surface area contributed by atoms with E-state index in [1.165, 1.54) is 37.0 Å². The van der Waals surface area contributed by atoms with Gasteiger partial charge in [-0.25, -0.2) is 0 Å². The van der Waals surface area contributed by atoms with Crippen LogP contribution in [0.25, 0.3) is 0 Å². The average molecular weight is 370 g/mol. The Morgan fingerprint density at radius 3 is 2.27 bits per heavy atom. The summed E-state index contributed by atoms with van der Waals surface area (Å²) in [6.45, 7) is 3.81. The highest BCUT2D eigenvalue weighted by Crippen LogP contribution is 2.36. The Morgan fingerprint density at radius 1 is 0.962 bits per heavy atom. The lowest BCUT2D eigenvalue weighted by atomic mass is 9.83. The first-order chi connectivity index (χ1) is 12.7. The van der Waals surface area contributed by atoms with Crippen molar-refractivity contribution in [1.29, 1.82) is 0 Å². The molecule has 1 aliphatic carbocycles. The molecule has 0 aromatic heterocycles. The van der Waals surface area contributed by atoms with Crippen molar-refractivity contribution in [3.63, 3.8) is 0 Å². The fourth-order valence-corrected chi connectivity index (χ4v) is 5.05. The molecule has 1 atom stereocenters. The van der Waals surface area contributed by atoms with Crippen LogP contribution in [0.1, 0.15) is 56.6 Å². The summed E-state index contributed by atoms with van der Waals surface area (Å²) in [6, 6.07) is 18.7. The average Bonchev–Trinajstić information content (AvgIpc) is 2.70. The molecule has 1 unspecified atom stereocenters. The maximum atomic E-state index is 11.5. The second-order valence-electron chi connectivity index (χ2n) is 7.23. The predicted octanol–water partition coefficient (Wildman–Crippen LogP) is 5.35. The van der Waals surface area contributed by atoms with E-state index in [-0.39, 0.29) is 0 Å². The van der Waals surface area contributed by atoms with Crippen molar-refractivity contribution >= 4 is 11.8 Å². The van der Waals surface area contributed by atoms with Gasteiger partial charge in [-0.3, -0.25) is 0 Å². The van der Waals surface area contributed by atoms with Crippen molar-refractivity contribution in [1.82, 2.24) is 5.32 Å². The largest absolute Gasteiger partial charge is 0.380 e. The minimum atomic E-state index is -0.947. The van der Waals surface area contributed by atoms with Crippen molar-refractivity contribution < 1.29 is 5.11 Å². The highest BCUT2D eigenvalue weighted by molar-refractivity contribution is 8.00. The number of rotatable bonds is 8. The molecular weight excluding hydrogens is 338 g/mol. The Balaban J connectivity index is 1.77. The maximum absolute atomic E-state index is 11.5. The van der Waals surface area contributed by atoms with Crippen LogP contribution in [0, 0.1) is 0 Å². The Hall–Kier alpha value is -1.29. The quantitative estimate of drug-likeness (QED) is 0.616. The fraction of sp³-hybridized carbons (Fsp3) is 0.478. The first-order valence-corrected chi connectivity index (χ1v) is 10.9. The van der Waals surface area contributed by atoms with Gasteiger partial charge in [0.25, 0.3) is 0 Å². The van der Waals surface area contributed by atoms with Crippen LogP contribution in [-0.2, 0) is 5.60 Å². The second kappa shape index (κ2) is 9.59. The summed E-state index contributed by atoms with van der Waals surface area (Å²) < 4.78 is 0. The molecule has 1 aliphatic rings. The molecule has 140 valence electrons. The monoisotopic (exact) mass is 369 g/mol. The van der Waals surface area contributed by atoms with E-state index in [9.17, 15) is 5.11 Å². The van der Waals surface area contributed by atoms with Gasteiger partial charge in [0.1, 0.15) is 5.60 Å². The Labute approximate surface area is 162 Å². The van der Waals surface area contributed by atoms with Crippen molar-refractivity contribution in [3.05, 3.63) is 65.7 Å². The molecule has 0 amide bonds. The van der Waals surface area contributed by atoms with Crippen molar-refractivity contribution in [2.24, 2.45) is 0 Å². The number of nitrogens with one attached hydrogen (secondary N) is 1. The third-order valence-corrected chi connectivity index (χ3v) is 6.70. The van der Waals surface area contributed by atoms with Gasteiger partial charge in [0, 0.05) is 10.1 Å². The summed E-state index contributed by atoms with van der Waals surface area (Å²) in [5.41, 5.74) is 0.998. The lowest BCUT2D eigenvalue weighted by molar-refractivity contribution is 0.0712. The van der Waals surface area contributed by atoms with Crippen LogP contribution < -0.4 is 5.32 Å². The van der Waals surface area contributed by atoms with Gasteiger partial charge in [0.15, 0.2) is 0 Å². The third-order valence-electron chi connectivity index (χ3n) is 5.35. The van der Waals surface area contributed by atoms with Gasteiger partial charge in [-0.2, -0.15) is 0 Å². The molecule has 26 heavy (non-hydrogen) atoms. The van der Waals surface area contributed by atoms with E-state index in [1.54, 1.807) is 0 Å².